The summed E-state index contributed by atoms with van der Waals surface area (Å²) in [6.45, 7) is 0. The van der Waals surface area contributed by atoms with E-state index in [-0.39, 0.29) is 10.5 Å². The zero-order chi connectivity index (χ0) is 21.3. The lowest BCUT2D eigenvalue weighted by Gasteiger charge is -2.10. The molecule has 0 aliphatic carbocycles. The molecule has 0 atom stereocenters. The highest BCUT2D eigenvalue weighted by molar-refractivity contribution is 7.90. The first-order chi connectivity index (χ1) is 14.5. The van der Waals surface area contributed by atoms with Crippen LogP contribution in [0.25, 0.3) is 22.2 Å². The van der Waals surface area contributed by atoms with Crippen LogP contribution in [0.4, 0.5) is 0 Å². The van der Waals surface area contributed by atoms with Crippen molar-refractivity contribution in [1.29, 1.82) is 0 Å². The predicted octanol–water partition coefficient (Wildman–Crippen LogP) is 3.94. The summed E-state index contributed by atoms with van der Waals surface area (Å²) in [5.74, 6) is 3.75. The van der Waals surface area contributed by atoms with Gasteiger partial charge < -0.3 is 9.47 Å². The number of nitrogens with zero attached hydrogens (tertiary/aromatic N) is 2. The van der Waals surface area contributed by atoms with E-state index in [1.54, 1.807) is 44.7 Å². The quantitative estimate of drug-likeness (QED) is 0.459. The molecule has 2 aromatic heterocycles. The van der Waals surface area contributed by atoms with E-state index < -0.39 is 10.0 Å². The summed E-state index contributed by atoms with van der Waals surface area (Å²) in [6.07, 6.45) is 8.70. The van der Waals surface area contributed by atoms with Crippen molar-refractivity contribution < 1.29 is 17.9 Å². The Labute approximate surface area is 174 Å². The lowest BCUT2D eigenvalue weighted by atomic mass is 10.1. The molecule has 2 aromatic carbocycles. The summed E-state index contributed by atoms with van der Waals surface area (Å²) >= 11 is 0. The number of aromatic nitrogens is 2. The van der Waals surface area contributed by atoms with E-state index in [2.05, 4.69) is 10.9 Å². The van der Waals surface area contributed by atoms with Crippen LogP contribution in [0.15, 0.2) is 71.9 Å². The molecule has 0 unspecified atom stereocenters. The van der Waals surface area contributed by atoms with Gasteiger partial charge in [-0.05, 0) is 35.9 Å². The second-order valence-corrected chi connectivity index (χ2v) is 8.28. The van der Waals surface area contributed by atoms with Crippen molar-refractivity contribution >= 4 is 21.1 Å². The number of ether oxygens (including phenoxy) is 2. The first-order valence-corrected chi connectivity index (χ1v) is 10.4. The van der Waals surface area contributed by atoms with Crippen LogP contribution in [0, 0.1) is 12.3 Å². The van der Waals surface area contributed by atoms with E-state index in [0.717, 1.165) is 15.1 Å². The van der Waals surface area contributed by atoms with Crippen LogP contribution in [-0.4, -0.2) is 31.6 Å². The van der Waals surface area contributed by atoms with E-state index in [4.69, 9.17) is 15.9 Å². The molecule has 0 bridgehead atoms. The maximum absolute atomic E-state index is 13.1. The molecule has 0 aliphatic heterocycles. The summed E-state index contributed by atoms with van der Waals surface area (Å²) in [5, 5.41) is 0.573. The van der Waals surface area contributed by atoms with Crippen molar-refractivity contribution in [3.05, 3.63) is 72.6 Å². The van der Waals surface area contributed by atoms with Crippen molar-refractivity contribution in [2.45, 2.75) is 4.90 Å². The zero-order valence-electron chi connectivity index (χ0n) is 16.4. The summed E-state index contributed by atoms with van der Waals surface area (Å²) in [5.41, 5.74) is 2.33. The normalized spacial score (nSPS) is 11.2. The van der Waals surface area contributed by atoms with Crippen molar-refractivity contribution in [2.75, 3.05) is 14.2 Å². The van der Waals surface area contributed by atoms with E-state index in [9.17, 15) is 8.42 Å². The number of fused-ring (bicyclic) bond motifs is 1. The fourth-order valence-electron chi connectivity index (χ4n) is 3.26. The smallest absolute Gasteiger partial charge is 0.269 e. The third-order valence-electron chi connectivity index (χ3n) is 4.78. The van der Waals surface area contributed by atoms with Gasteiger partial charge in [0.15, 0.2) is 17.1 Å². The number of hydrogen-bond acceptors (Lipinski definition) is 5. The van der Waals surface area contributed by atoms with Crippen LogP contribution < -0.4 is 9.47 Å². The Morgan fingerprint density at radius 1 is 0.967 bits per heavy atom. The lowest BCUT2D eigenvalue weighted by molar-refractivity contribution is 0.355. The van der Waals surface area contributed by atoms with E-state index in [1.807, 2.05) is 18.2 Å². The number of pyridine rings is 1. The molecule has 2 heterocycles. The molecule has 0 amide bonds. The first-order valence-electron chi connectivity index (χ1n) is 9.00. The fraction of sp³-hybridized carbons (Fsp3) is 0.0870. The minimum atomic E-state index is -3.83. The van der Waals surface area contributed by atoms with Crippen molar-refractivity contribution in [2.24, 2.45) is 0 Å². The van der Waals surface area contributed by atoms with Gasteiger partial charge in [-0.2, -0.15) is 0 Å². The molecule has 0 radical (unpaired) electrons. The largest absolute Gasteiger partial charge is 0.493 e. The van der Waals surface area contributed by atoms with Gasteiger partial charge in [0.2, 0.25) is 0 Å². The van der Waals surface area contributed by atoms with Gasteiger partial charge in [-0.15, -0.1) is 6.42 Å². The Morgan fingerprint density at radius 2 is 1.70 bits per heavy atom. The third-order valence-corrected chi connectivity index (χ3v) is 6.45. The average Bonchev–Trinajstić information content (AvgIpc) is 3.18. The Morgan fingerprint density at radius 3 is 2.37 bits per heavy atom. The molecule has 0 saturated heterocycles. The number of rotatable bonds is 5. The van der Waals surface area contributed by atoms with E-state index >= 15 is 0 Å². The summed E-state index contributed by atoms with van der Waals surface area (Å²) in [7, 11) is -0.697. The average molecular weight is 418 g/mol. The monoisotopic (exact) mass is 418 g/mol. The van der Waals surface area contributed by atoms with E-state index in [0.29, 0.717) is 22.4 Å². The van der Waals surface area contributed by atoms with Crippen molar-refractivity contribution in [3.8, 4) is 35.0 Å². The number of hydrogen-bond donors (Lipinski definition) is 0. The summed E-state index contributed by atoms with van der Waals surface area (Å²) in [6, 6.07) is 15.5. The van der Waals surface area contributed by atoms with Crippen LogP contribution in [0.5, 0.6) is 11.5 Å². The van der Waals surface area contributed by atoms with Crippen LogP contribution in [0.1, 0.15) is 5.56 Å². The molecular weight excluding hydrogens is 400 g/mol. The molecule has 150 valence electrons. The van der Waals surface area contributed by atoms with Gasteiger partial charge in [0.05, 0.1) is 24.7 Å². The molecule has 7 heteroatoms. The van der Waals surface area contributed by atoms with Gasteiger partial charge in [0.25, 0.3) is 10.0 Å². The molecule has 4 aromatic rings. The molecule has 0 N–H and O–H groups in total. The molecular formula is C23H18N2O4S. The Kier molecular flexibility index (Phi) is 4.94. The predicted molar refractivity (Wildman–Crippen MR) is 115 cm³/mol. The van der Waals surface area contributed by atoms with Crippen molar-refractivity contribution in [1.82, 2.24) is 8.96 Å². The molecule has 6 nitrogen and oxygen atoms in total. The summed E-state index contributed by atoms with van der Waals surface area (Å²) in [4.78, 5) is 4.60. The highest BCUT2D eigenvalue weighted by Gasteiger charge is 2.22. The Hall–Kier alpha value is -3.76. The van der Waals surface area contributed by atoms with Gasteiger partial charge in [-0.3, -0.25) is 0 Å². The molecule has 30 heavy (non-hydrogen) atoms. The highest BCUT2D eigenvalue weighted by atomic mass is 32.2. The number of methoxy groups -OCH3 is 2. The maximum atomic E-state index is 13.1. The zero-order valence-corrected chi connectivity index (χ0v) is 17.2. The lowest BCUT2D eigenvalue weighted by Crippen LogP contribution is -2.12. The van der Waals surface area contributed by atoms with Crippen LogP contribution in [-0.2, 0) is 10.0 Å². The first kappa shape index (κ1) is 19.6. The Bertz CT molecular complexity index is 1380. The van der Waals surface area contributed by atoms with Gasteiger partial charge in [0, 0.05) is 23.3 Å². The number of benzene rings is 2. The topological polar surface area (TPSA) is 70.4 Å². The summed E-state index contributed by atoms with van der Waals surface area (Å²) < 4.78 is 38.0. The molecule has 0 fully saturated rings. The third kappa shape index (κ3) is 3.17. The van der Waals surface area contributed by atoms with E-state index in [1.165, 1.54) is 18.3 Å². The highest BCUT2D eigenvalue weighted by Crippen LogP contribution is 2.34. The second kappa shape index (κ2) is 7.58. The molecule has 0 aliphatic rings. The SMILES string of the molecule is C#Cc1cn(S(=O)(=O)c2ccccc2)c2ncc(-c3ccc(OC)c(OC)c3)cc12. The minimum absolute atomic E-state index is 0.163. The number of terminal acetylenes is 1. The van der Waals surface area contributed by atoms with Crippen LogP contribution >= 0.6 is 0 Å². The standard InChI is InChI=1S/C23H18N2O4S/c1-4-16-15-25(30(26,27)19-8-6-5-7-9-19)23-20(16)12-18(14-24-23)17-10-11-21(28-2)22(13-17)29-3/h1,5-15H,2-3H3. The van der Waals surface area contributed by atoms with Gasteiger partial charge in [-0.25, -0.2) is 17.4 Å². The van der Waals surface area contributed by atoms with Crippen LogP contribution in [0.3, 0.4) is 0 Å². The van der Waals surface area contributed by atoms with Gasteiger partial charge in [-0.1, -0.05) is 30.2 Å². The Balaban J connectivity index is 1.89. The molecule has 4 rings (SSSR count). The van der Waals surface area contributed by atoms with Gasteiger partial charge in [0.1, 0.15) is 0 Å². The van der Waals surface area contributed by atoms with Crippen LogP contribution in [0.2, 0.25) is 0 Å². The molecule has 0 spiro atoms. The maximum Gasteiger partial charge on any atom is 0.269 e. The van der Waals surface area contributed by atoms with Crippen molar-refractivity contribution in [3.63, 3.8) is 0 Å². The second-order valence-electron chi connectivity index (χ2n) is 6.47. The molecule has 0 saturated carbocycles. The fourth-order valence-corrected chi connectivity index (χ4v) is 4.60. The minimum Gasteiger partial charge on any atom is -0.493 e. The van der Waals surface area contributed by atoms with Gasteiger partial charge >= 0.3 is 0 Å².